The molecule has 36 heavy (non-hydrogen) atoms. The molecule has 16 nitrogen and oxygen atoms in total. The molecule has 4 unspecified atom stereocenters. The number of hydrogen-bond donors (Lipinski definition) is 10. The highest BCUT2D eigenvalue weighted by molar-refractivity contribution is 5.94. The maximum atomic E-state index is 12.9. The van der Waals surface area contributed by atoms with Gasteiger partial charge in [0.25, 0.3) is 0 Å². The van der Waals surface area contributed by atoms with Crippen LogP contribution in [0.15, 0.2) is 9.98 Å². The number of nitrogens with two attached hydrogens (primary N) is 5. The van der Waals surface area contributed by atoms with Gasteiger partial charge in [-0.25, -0.2) is 4.79 Å². The van der Waals surface area contributed by atoms with Crippen LogP contribution in [0.4, 0.5) is 0 Å². The van der Waals surface area contributed by atoms with Gasteiger partial charge in [0.05, 0.1) is 6.61 Å². The number of amides is 3. The summed E-state index contributed by atoms with van der Waals surface area (Å²) in [5.74, 6) is -4.13. The smallest absolute Gasteiger partial charge is 0.326 e. The van der Waals surface area contributed by atoms with E-state index in [-0.39, 0.29) is 50.7 Å². The van der Waals surface area contributed by atoms with Crippen LogP contribution in [0, 0.1) is 5.92 Å². The van der Waals surface area contributed by atoms with Crippen LogP contribution in [0.2, 0.25) is 0 Å². The van der Waals surface area contributed by atoms with Crippen molar-refractivity contribution in [2.45, 2.75) is 63.7 Å². The number of hydrogen-bond acceptors (Lipinski definition) is 8. The Morgan fingerprint density at radius 2 is 1.25 bits per heavy atom. The third-order valence-corrected chi connectivity index (χ3v) is 4.92. The normalized spacial score (nSPS) is 14.0. The Balaban J connectivity index is 5.52. The maximum Gasteiger partial charge on any atom is 0.326 e. The number of guanidine groups is 2. The lowest BCUT2D eigenvalue weighted by molar-refractivity contribution is -0.142. The minimum atomic E-state index is -1.27. The number of aliphatic imine (C=N–C) groups is 2. The van der Waals surface area contributed by atoms with E-state index >= 15 is 0 Å². The number of rotatable bonds is 17. The van der Waals surface area contributed by atoms with E-state index in [0.717, 1.165) is 0 Å². The van der Waals surface area contributed by atoms with E-state index in [0.29, 0.717) is 0 Å². The topological polar surface area (TPSA) is 300 Å². The van der Waals surface area contributed by atoms with Crippen molar-refractivity contribution in [1.29, 1.82) is 0 Å². The summed E-state index contributed by atoms with van der Waals surface area (Å²) in [6, 6.07) is -4.71. The Labute approximate surface area is 209 Å². The molecule has 4 atom stereocenters. The zero-order valence-electron chi connectivity index (χ0n) is 20.6. The fourth-order valence-corrected chi connectivity index (χ4v) is 2.95. The predicted octanol–water partition coefficient (Wildman–Crippen LogP) is -4.39. The van der Waals surface area contributed by atoms with Gasteiger partial charge in [0, 0.05) is 13.1 Å². The first-order chi connectivity index (χ1) is 16.8. The molecule has 0 aromatic rings. The number of aliphatic hydroxyl groups excluding tert-OH is 1. The lowest BCUT2D eigenvalue weighted by Gasteiger charge is -2.26. The minimum Gasteiger partial charge on any atom is -0.480 e. The zero-order valence-corrected chi connectivity index (χ0v) is 20.6. The second kappa shape index (κ2) is 16.9. The van der Waals surface area contributed by atoms with E-state index in [1.807, 2.05) is 0 Å². The Morgan fingerprint density at radius 3 is 1.67 bits per heavy atom. The fraction of sp³-hybridized carbons (Fsp3) is 0.700. The molecule has 0 bridgehead atoms. The van der Waals surface area contributed by atoms with E-state index in [1.165, 1.54) is 0 Å². The molecule has 0 heterocycles. The first kappa shape index (κ1) is 32.3. The molecule has 0 aliphatic rings. The fourth-order valence-electron chi connectivity index (χ4n) is 2.95. The highest BCUT2D eigenvalue weighted by Gasteiger charge is 2.31. The van der Waals surface area contributed by atoms with Crippen LogP contribution in [0.25, 0.3) is 0 Å². The molecule has 0 aliphatic heterocycles. The van der Waals surface area contributed by atoms with E-state index in [2.05, 4.69) is 25.9 Å². The molecule has 0 aromatic carbocycles. The summed E-state index contributed by atoms with van der Waals surface area (Å²) in [5, 5.41) is 26.0. The molecule has 3 amide bonds. The molecule has 0 spiro atoms. The van der Waals surface area contributed by atoms with Crippen molar-refractivity contribution in [2.75, 3.05) is 19.7 Å². The van der Waals surface area contributed by atoms with Gasteiger partial charge in [0.2, 0.25) is 17.7 Å². The number of nitrogens with zero attached hydrogens (tertiary/aromatic N) is 2. The van der Waals surface area contributed by atoms with Gasteiger partial charge in [-0.15, -0.1) is 0 Å². The van der Waals surface area contributed by atoms with Gasteiger partial charge >= 0.3 is 5.97 Å². The molecular formula is C20H40N10O6. The van der Waals surface area contributed by atoms with Gasteiger partial charge < -0.3 is 54.8 Å². The van der Waals surface area contributed by atoms with Crippen LogP contribution in [0.3, 0.4) is 0 Å². The average molecular weight is 517 g/mol. The third-order valence-electron chi connectivity index (χ3n) is 4.92. The molecule has 0 aliphatic carbocycles. The highest BCUT2D eigenvalue weighted by Crippen LogP contribution is 2.07. The molecule has 0 radical (unpaired) electrons. The van der Waals surface area contributed by atoms with Crippen LogP contribution < -0.4 is 44.6 Å². The van der Waals surface area contributed by atoms with Crippen LogP contribution in [-0.2, 0) is 19.2 Å². The first-order valence-corrected chi connectivity index (χ1v) is 11.4. The quantitative estimate of drug-likeness (QED) is 0.0500. The summed E-state index contributed by atoms with van der Waals surface area (Å²) in [7, 11) is 0. The largest absolute Gasteiger partial charge is 0.480 e. The maximum absolute atomic E-state index is 12.9. The minimum absolute atomic E-state index is 0.0379. The van der Waals surface area contributed by atoms with Crippen molar-refractivity contribution in [3.05, 3.63) is 0 Å². The van der Waals surface area contributed by atoms with Crippen LogP contribution >= 0.6 is 0 Å². The standard InChI is InChI=1S/C20H40N10O6/c1-10(2)14(30-15(32)11(21)9-31)17(34)28-12(5-3-7-26-19(22)23)16(33)29-13(18(35)36)6-4-8-27-20(24)25/h10-14,31H,3-9,21H2,1-2H3,(H,28,34)(H,29,33)(H,30,32)(H,35,36)(H4,22,23,26)(H4,24,25,27). The van der Waals surface area contributed by atoms with Gasteiger partial charge in [-0.05, 0) is 31.6 Å². The SMILES string of the molecule is CC(C)C(NC(=O)C(N)CO)C(=O)NC(CCCN=C(N)N)C(=O)NC(CCCN=C(N)N)C(=O)O. The summed E-state index contributed by atoms with van der Waals surface area (Å²) in [5.41, 5.74) is 26.6. The Morgan fingerprint density at radius 1 is 0.778 bits per heavy atom. The number of carboxylic acid groups (broad SMARTS) is 1. The van der Waals surface area contributed by atoms with Crippen molar-refractivity contribution >= 4 is 35.6 Å². The molecule has 0 rings (SSSR count). The van der Waals surface area contributed by atoms with Crippen molar-refractivity contribution in [3.63, 3.8) is 0 Å². The lowest BCUT2D eigenvalue weighted by Crippen LogP contribution is -2.58. The van der Waals surface area contributed by atoms with Crippen molar-refractivity contribution in [1.82, 2.24) is 16.0 Å². The van der Waals surface area contributed by atoms with Crippen molar-refractivity contribution in [3.8, 4) is 0 Å². The molecular weight excluding hydrogens is 476 g/mol. The summed E-state index contributed by atoms with van der Waals surface area (Å²) in [6.45, 7) is 3.05. The Kier molecular flexibility index (Phi) is 15.2. The second-order valence-corrected chi connectivity index (χ2v) is 8.38. The lowest BCUT2D eigenvalue weighted by atomic mass is 10.0. The molecule has 0 fully saturated rings. The van der Waals surface area contributed by atoms with Gasteiger partial charge in [0.1, 0.15) is 24.2 Å². The van der Waals surface area contributed by atoms with Crippen LogP contribution in [0.5, 0.6) is 0 Å². The number of carbonyl (C=O) groups is 4. The Bertz CT molecular complexity index is 796. The molecule has 206 valence electrons. The highest BCUT2D eigenvalue weighted by atomic mass is 16.4. The van der Waals surface area contributed by atoms with Gasteiger partial charge in [-0.1, -0.05) is 13.8 Å². The number of aliphatic hydroxyl groups is 1. The van der Waals surface area contributed by atoms with Gasteiger partial charge in [-0.3, -0.25) is 24.4 Å². The molecule has 0 saturated carbocycles. The third kappa shape index (κ3) is 13.3. The van der Waals surface area contributed by atoms with E-state index < -0.39 is 60.4 Å². The van der Waals surface area contributed by atoms with Crippen molar-refractivity contribution in [2.24, 2.45) is 44.6 Å². The Hall–Kier alpha value is -3.66. The first-order valence-electron chi connectivity index (χ1n) is 11.4. The summed E-state index contributed by atoms with van der Waals surface area (Å²) >= 11 is 0. The van der Waals surface area contributed by atoms with Crippen LogP contribution in [-0.4, -0.2) is 89.7 Å². The van der Waals surface area contributed by atoms with E-state index in [4.69, 9.17) is 33.8 Å². The van der Waals surface area contributed by atoms with Crippen LogP contribution in [0.1, 0.15) is 39.5 Å². The summed E-state index contributed by atoms with van der Waals surface area (Å²) in [6.07, 6.45) is 0.676. The second-order valence-electron chi connectivity index (χ2n) is 8.38. The molecule has 0 saturated heterocycles. The van der Waals surface area contributed by atoms with E-state index in [9.17, 15) is 24.3 Å². The monoisotopic (exact) mass is 516 g/mol. The number of carboxylic acids is 1. The number of aliphatic carboxylic acids is 1. The summed E-state index contributed by atoms with van der Waals surface area (Å²) in [4.78, 5) is 57.2. The number of nitrogens with one attached hydrogen (secondary N) is 3. The van der Waals surface area contributed by atoms with Crippen molar-refractivity contribution < 1.29 is 29.4 Å². The molecule has 15 N–H and O–H groups in total. The summed E-state index contributed by atoms with van der Waals surface area (Å²) < 4.78 is 0. The molecule has 0 aromatic heterocycles. The van der Waals surface area contributed by atoms with E-state index in [1.54, 1.807) is 13.8 Å². The van der Waals surface area contributed by atoms with Gasteiger partial charge in [0.15, 0.2) is 11.9 Å². The van der Waals surface area contributed by atoms with Gasteiger partial charge in [-0.2, -0.15) is 0 Å². The number of carbonyl (C=O) groups excluding carboxylic acids is 3. The molecule has 16 heteroatoms. The average Bonchev–Trinajstić information content (AvgIpc) is 2.79. The zero-order chi connectivity index (χ0) is 27.8. The predicted molar refractivity (Wildman–Crippen MR) is 133 cm³/mol.